The molecular weight excluding hydrogens is 212 g/mol. The number of hydrogen-bond donors (Lipinski definition) is 2. The van der Waals surface area contributed by atoms with Crippen LogP contribution < -0.4 is 10.5 Å². The van der Waals surface area contributed by atoms with Crippen LogP contribution in [-0.4, -0.2) is 21.2 Å². The second-order valence-electron chi connectivity index (χ2n) is 3.64. The molecule has 3 N–H and O–H groups in total. The quantitative estimate of drug-likeness (QED) is 0.811. The number of benzene rings is 1. The third-order valence-electron chi connectivity index (χ3n) is 2.11. The van der Waals surface area contributed by atoms with Crippen LogP contribution in [0.1, 0.15) is 18.4 Å². The first-order chi connectivity index (χ1) is 6.92. The zero-order valence-corrected chi connectivity index (χ0v) is 9.71. The molecule has 0 saturated heterocycles. The number of nitrogens with two attached hydrogens (primary N) is 1. The van der Waals surface area contributed by atoms with E-state index in [1.807, 2.05) is 19.1 Å². The Morgan fingerprint density at radius 2 is 2.13 bits per heavy atom. The van der Waals surface area contributed by atoms with Crippen LogP contribution >= 0.6 is 0 Å². The molecule has 1 unspecified atom stereocenters. The highest BCUT2D eigenvalue weighted by Crippen LogP contribution is 2.18. The lowest BCUT2D eigenvalue weighted by Gasteiger charge is -2.11. The summed E-state index contributed by atoms with van der Waals surface area (Å²) in [5.41, 5.74) is 7.16. The third-order valence-corrected chi connectivity index (χ3v) is 2.72. The fourth-order valence-electron chi connectivity index (χ4n) is 1.26. The predicted molar refractivity (Wildman–Crippen MR) is 62.4 cm³/mol. The normalized spacial score (nSPS) is 13.5. The van der Waals surface area contributed by atoms with Crippen LogP contribution in [0.25, 0.3) is 0 Å². The second-order valence-corrected chi connectivity index (χ2v) is 5.38. The van der Waals surface area contributed by atoms with E-state index in [9.17, 15) is 8.42 Å². The predicted octanol–water partition coefficient (Wildman–Crippen LogP) is 1.12. The van der Waals surface area contributed by atoms with Gasteiger partial charge in [0.05, 0.1) is 6.26 Å². The monoisotopic (exact) mass is 228 g/mol. The average molecular weight is 228 g/mol. The van der Waals surface area contributed by atoms with Crippen molar-refractivity contribution in [2.75, 3.05) is 17.5 Å². The van der Waals surface area contributed by atoms with Crippen molar-refractivity contribution < 1.29 is 8.42 Å². The smallest absolute Gasteiger partial charge is 0.229 e. The Bertz CT molecular complexity index is 429. The molecular formula is C10H16N2O2S. The largest absolute Gasteiger partial charge is 0.330 e. The summed E-state index contributed by atoms with van der Waals surface area (Å²) < 4.78 is 24.5. The maximum Gasteiger partial charge on any atom is 0.229 e. The molecule has 1 atom stereocenters. The molecule has 0 spiro atoms. The van der Waals surface area contributed by atoms with Crippen molar-refractivity contribution in [3.63, 3.8) is 0 Å². The number of nitrogens with one attached hydrogen (secondary N) is 1. The van der Waals surface area contributed by atoms with E-state index in [2.05, 4.69) is 4.72 Å². The highest BCUT2D eigenvalue weighted by molar-refractivity contribution is 7.92. The van der Waals surface area contributed by atoms with Gasteiger partial charge in [0.2, 0.25) is 10.0 Å². The van der Waals surface area contributed by atoms with Crippen molar-refractivity contribution >= 4 is 15.7 Å². The molecule has 84 valence electrons. The highest BCUT2D eigenvalue weighted by Gasteiger charge is 2.06. The number of anilines is 1. The fraction of sp³-hybridized carbons (Fsp3) is 0.400. The maximum atomic E-state index is 11.0. The van der Waals surface area contributed by atoms with Crippen LogP contribution in [0.15, 0.2) is 24.3 Å². The van der Waals surface area contributed by atoms with Gasteiger partial charge in [-0.25, -0.2) is 8.42 Å². The summed E-state index contributed by atoms with van der Waals surface area (Å²) in [6.45, 7) is 2.54. The Kier molecular flexibility index (Phi) is 3.71. The standard InChI is InChI=1S/C10H16N2O2S/c1-8(7-11)9-4-3-5-10(6-9)12-15(2,13)14/h3-6,8,12H,7,11H2,1-2H3. The summed E-state index contributed by atoms with van der Waals surface area (Å²) in [5.74, 6) is 0.228. The van der Waals surface area contributed by atoms with Crippen LogP contribution in [0, 0.1) is 0 Å². The van der Waals surface area contributed by atoms with Gasteiger partial charge >= 0.3 is 0 Å². The molecule has 1 rings (SSSR count). The van der Waals surface area contributed by atoms with E-state index in [0.717, 1.165) is 11.8 Å². The van der Waals surface area contributed by atoms with Gasteiger partial charge in [-0.1, -0.05) is 19.1 Å². The second kappa shape index (κ2) is 4.63. The molecule has 15 heavy (non-hydrogen) atoms. The van der Waals surface area contributed by atoms with Crippen LogP contribution in [0.2, 0.25) is 0 Å². The lowest BCUT2D eigenvalue weighted by Crippen LogP contribution is -2.11. The molecule has 1 aromatic rings. The summed E-state index contributed by atoms with van der Waals surface area (Å²) >= 11 is 0. The molecule has 1 aromatic carbocycles. The first-order valence-corrected chi connectivity index (χ1v) is 6.59. The van der Waals surface area contributed by atoms with Gasteiger partial charge < -0.3 is 5.73 Å². The van der Waals surface area contributed by atoms with Crippen molar-refractivity contribution in [3.8, 4) is 0 Å². The van der Waals surface area contributed by atoms with Crippen LogP contribution in [-0.2, 0) is 10.0 Å². The molecule has 0 aromatic heterocycles. The van der Waals surface area contributed by atoms with Gasteiger partial charge in [-0.15, -0.1) is 0 Å². The Balaban J connectivity index is 2.93. The van der Waals surface area contributed by atoms with Crippen molar-refractivity contribution in [1.82, 2.24) is 0 Å². The Labute approximate surface area is 90.5 Å². The third kappa shape index (κ3) is 3.89. The zero-order chi connectivity index (χ0) is 11.5. The van der Waals surface area contributed by atoms with E-state index in [-0.39, 0.29) is 5.92 Å². The minimum atomic E-state index is -3.21. The molecule has 0 aliphatic carbocycles. The molecule has 0 radical (unpaired) electrons. The van der Waals surface area contributed by atoms with Crippen LogP contribution in [0.5, 0.6) is 0 Å². The van der Waals surface area contributed by atoms with Gasteiger partial charge in [0, 0.05) is 5.69 Å². The lowest BCUT2D eigenvalue weighted by molar-refractivity contribution is 0.607. The van der Waals surface area contributed by atoms with E-state index in [4.69, 9.17) is 5.73 Å². The first-order valence-electron chi connectivity index (χ1n) is 4.70. The molecule has 0 aliphatic heterocycles. The van der Waals surface area contributed by atoms with E-state index in [1.165, 1.54) is 0 Å². The SMILES string of the molecule is CC(CN)c1cccc(NS(C)(=O)=O)c1. The van der Waals surface area contributed by atoms with E-state index in [1.54, 1.807) is 12.1 Å². The maximum absolute atomic E-state index is 11.0. The zero-order valence-electron chi connectivity index (χ0n) is 8.90. The fourth-order valence-corrected chi connectivity index (χ4v) is 1.81. The minimum absolute atomic E-state index is 0.228. The van der Waals surface area contributed by atoms with Gasteiger partial charge in [0.25, 0.3) is 0 Å². The van der Waals surface area contributed by atoms with Crippen LogP contribution in [0.4, 0.5) is 5.69 Å². The molecule has 5 heteroatoms. The Morgan fingerprint density at radius 1 is 1.47 bits per heavy atom. The molecule has 4 nitrogen and oxygen atoms in total. The van der Waals surface area contributed by atoms with Crippen LogP contribution in [0.3, 0.4) is 0 Å². The molecule has 0 amide bonds. The Morgan fingerprint density at radius 3 is 2.67 bits per heavy atom. The molecule has 0 saturated carbocycles. The van der Waals surface area contributed by atoms with Gasteiger partial charge in [-0.05, 0) is 30.2 Å². The lowest BCUT2D eigenvalue weighted by atomic mass is 10.0. The summed E-state index contributed by atoms with van der Waals surface area (Å²) in [7, 11) is -3.21. The molecule has 0 heterocycles. The summed E-state index contributed by atoms with van der Waals surface area (Å²) in [6.07, 6.45) is 1.13. The van der Waals surface area contributed by atoms with E-state index < -0.39 is 10.0 Å². The number of hydrogen-bond acceptors (Lipinski definition) is 3. The van der Waals surface area contributed by atoms with Crippen molar-refractivity contribution in [2.24, 2.45) is 5.73 Å². The van der Waals surface area contributed by atoms with E-state index >= 15 is 0 Å². The van der Waals surface area contributed by atoms with Crippen molar-refractivity contribution in [3.05, 3.63) is 29.8 Å². The van der Waals surface area contributed by atoms with Gasteiger partial charge in [-0.3, -0.25) is 4.72 Å². The van der Waals surface area contributed by atoms with Gasteiger partial charge in [0.15, 0.2) is 0 Å². The topological polar surface area (TPSA) is 72.2 Å². The summed E-state index contributed by atoms with van der Waals surface area (Å²) in [6, 6.07) is 7.27. The average Bonchev–Trinajstić information content (AvgIpc) is 2.14. The molecule has 0 fully saturated rings. The minimum Gasteiger partial charge on any atom is -0.330 e. The first kappa shape index (κ1) is 12.0. The van der Waals surface area contributed by atoms with E-state index in [0.29, 0.717) is 12.2 Å². The number of sulfonamides is 1. The number of rotatable bonds is 4. The van der Waals surface area contributed by atoms with Gasteiger partial charge in [0.1, 0.15) is 0 Å². The van der Waals surface area contributed by atoms with Crippen molar-refractivity contribution in [1.29, 1.82) is 0 Å². The molecule has 0 bridgehead atoms. The van der Waals surface area contributed by atoms with Gasteiger partial charge in [-0.2, -0.15) is 0 Å². The summed E-state index contributed by atoms with van der Waals surface area (Å²) in [4.78, 5) is 0. The highest BCUT2D eigenvalue weighted by atomic mass is 32.2. The Hall–Kier alpha value is -1.07. The molecule has 0 aliphatic rings. The van der Waals surface area contributed by atoms with Crippen molar-refractivity contribution in [2.45, 2.75) is 12.8 Å². The summed E-state index contributed by atoms with van der Waals surface area (Å²) in [5, 5.41) is 0.